The van der Waals surface area contributed by atoms with Crippen LogP contribution in [0.3, 0.4) is 0 Å². The molecule has 0 fully saturated rings. The van der Waals surface area contributed by atoms with Crippen molar-refractivity contribution in [1.82, 2.24) is 14.9 Å². The van der Waals surface area contributed by atoms with E-state index in [2.05, 4.69) is 15.3 Å². The van der Waals surface area contributed by atoms with Crippen LogP contribution in [-0.4, -0.2) is 21.1 Å². The van der Waals surface area contributed by atoms with Crippen molar-refractivity contribution >= 4 is 30.0 Å². The summed E-state index contributed by atoms with van der Waals surface area (Å²) in [5.41, 5.74) is 1.44. The van der Waals surface area contributed by atoms with Crippen LogP contribution in [0, 0.1) is 10.6 Å². The van der Waals surface area contributed by atoms with Crippen LogP contribution >= 0.6 is 23.8 Å². The van der Waals surface area contributed by atoms with E-state index in [1.165, 1.54) is 23.0 Å². The van der Waals surface area contributed by atoms with Crippen molar-refractivity contribution in [2.75, 3.05) is 0 Å². The van der Waals surface area contributed by atoms with Crippen molar-refractivity contribution in [1.29, 1.82) is 0 Å². The molecule has 0 bridgehead atoms. The summed E-state index contributed by atoms with van der Waals surface area (Å²) in [6, 6.07) is 13.3. The standard InChI is InChI=1S/C15H10ClFN4S/c16-12-6-4-11(5-7-12)14-19-20-15(22)21(14)18-9-10-2-1-3-13(17)8-10/h1-9H,(H,20,22)/b18-9-. The lowest BCUT2D eigenvalue weighted by atomic mass is 10.2. The minimum absolute atomic E-state index is 0.322. The molecule has 0 amide bonds. The van der Waals surface area contributed by atoms with Crippen LogP contribution in [0.5, 0.6) is 0 Å². The third kappa shape index (κ3) is 3.13. The molecule has 0 aliphatic carbocycles. The van der Waals surface area contributed by atoms with E-state index in [1.807, 2.05) is 12.1 Å². The van der Waals surface area contributed by atoms with E-state index in [0.29, 0.717) is 21.2 Å². The molecule has 110 valence electrons. The highest BCUT2D eigenvalue weighted by Crippen LogP contribution is 2.19. The Kier molecular flexibility index (Phi) is 4.13. The van der Waals surface area contributed by atoms with Crippen LogP contribution in [0.4, 0.5) is 4.39 Å². The molecule has 0 atom stereocenters. The number of rotatable bonds is 3. The van der Waals surface area contributed by atoms with Gasteiger partial charge in [-0.2, -0.15) is 14.9 Å². The van der Waals surface area contributed by atoms with Crippen molar-refractivity contribution < 1.29 is 4.39 Å². The lowest BCUT2D eigenvalue weighted by Crippen LogP contribution is -1.95. The molecular formula is C15H10ClFN4S. The number of H-pyrrole nitrogens is 1. The highest BCUT2D eigenvalue weighted by atomic mass is 35.5. The molecule has 0 saturated carbocycles. The van der Waals surface area contributed by atoms with Crippen molar-refractivity contribution in [3.8, 4) is 11.4 Å². The van der Waals surface area contributed by atoms with E-state index in [-0.39, 0.29) is 5.82 Å². The predicted octanol–water partition coefficient (Wildman–Crippen LogP) is 4.28. The van der Waals surface area contributed by atoms with E-state index < -0.39 is 0 Å². The second kappa shape index (κ2) is 6.21. The smallest absolute Gasteiger partial charge is 0.216 e. The topological polar surface area (TPSA) is 46.0 Å². The minimum atomic E-state index is -0.322. The highest BCUT2D eigenvalue weighted by Gasteiger charge is 2.07. The number of aromatic amines is 1. The number of hydrogen-bond donors (Lipinski definition) is 1. The molecule has 0 saturated heterocycles. The van der Waals surface area contributed by atoms with E-state index in [4.69, 9.17) is 23.8 Å². The maximum atomic E-state index is 13.2. The lowest BCUT2D eigenvalue weighted by molar-refractivity contribution is 0.627. The van der Waals surface area contributed by atoms with Gasteiger partial charge in [0.15, 0.2) is 5.82 Å². The molecule has 3 aromatic rings. The number of nitrogens with zero attached hydrogens (tertiary/aromatic N) is 3. The summed E-state index contributed by atoms with van der Waals surface area (Å²) in [5.74, 6) is 0.229. The molecule has 0 aliphatic heterocycles. The van der Waals surface area contributed by atoms with E-state index in [1.54, 1.807) is 24.3 Å². The third-order valence-electron chi connectivity index (χ3n) is 2.92. The molecule has 1 heterocycles. The number of halogens is 2. The third-order valence-corrected chi connectivity index (χ3v) is 3.44. The molecular weight excluding hydrogens is 323 g/mol. The van der Waals surface area contributed by atoms with Gasteiger partial charge in [0.1, 0.15) is 5.82 Å². The van der Waals surface area contributed by atoms with E-state index in [0.717, 1.165) is 5.56 Å². The fraction of sp³-hybridized carbons (Fsp3) is 0. The van der Waals surface area contributed by atoms with Crippen LogP contribution < -0.4 is 0 Å². The van der Waals surface area contributed by atoms with E-state index in [9.17, 15) is 4.39 Å². The van der Waals surface area contributed by atoms with Crippen LogP contribution in [0.1, 0.15) is 5.56 Å². The first-order valence-corrected chi connectivity index (χ1v) is 7.15. The Labute approximate surface area is 135 Å². The Morgan fingerprint density at radius 3 is 2.73 bits per heavy atom. The Morgan fingerprint density at radius 1 is 1.23 bits per heavy atom. The molecule has 1 N–H and O–H groups in total. The highest BCUT2D eigenvalue weighted by molar-refractivity contribution is 7.71. The molecule has 0 radical (unpaired) electrons. The van der Waals surface area contributed by atoms with Gasteiger partial charge in [-0.05, 0) is 54.2 Å². The molecule has 7 heteroatoms. The van der Waals surface area contributed by atoms with Crippen molar-refractivity contribution in [2.24, 2.45) is 5.10 Å². The van der Waals surface area contributed by atoms with Gasteiger partial charge in [0.2, 0.25) is 4.77 Å². The predicted molar refractivity (Wildman–Crippen MR) is 87.2 cm³/mol. The van der Waals surface area contributed by atoms with Gasteiger partial charge in [0.25, 0.3) is 0 Å². The molecule has 22 heavy (non-hydrogen) atoms. The minimum Gasteiger partial charge on any atom is -0.250 e. The SMILES string of the molecule is Fc1cccc(/C=N\n2c(-c3ccc(Cl)cc3)n[nH]c2=S)c1. The second-order valence-corrected chi connectivity index (χ2v) is 5.29. The zero-order valence-electron chi connectivity index (χ0n) is 11.2. The lowest BCUT2D eigenvalue weighted by Gasteiger charge is -2.01. The Bertz CT molecular complexity index is 883. The summed E-state index contributed by atoms with van der Waals surface area (Å²) < 4.78 is 15.0. The van der Waals surface area contributed by atoms with Crippen LogP contribution in [-0.2, 0) is 0 Å². The second-order valence-electron chi connectivity index (χ2n) is 4.47. The molecule has 2 aromatic carbocycles. The summed E-state index contributed by atoms with van der Waals surface area (Å²) >= 11 is 11.1. The van der Waals surface area contributed by atoms with Gasteiger partial charge in [-0.3, -0.25) is 0 Å². The fourth-order valence-electron chi connectivity index (χ4n) is 1.90. The average Bonchev–Trinajstić information content (AvgIpc) is 2.87. The van der Waals surface area contributed by atoms with Gasteiger partial charge in [-0.1, -0.05) is 23.7 Å². The Hall–Kier alpha value is -2.31. The molecule has 4 nitrogen and oxygen atoms in total. The normalized spacial score (nSPS) is 11.2. The molecule has 0 aliphatic rings. The molecule has 3 rings (SSSR count). The summed E-state index contributed by atoms with van der Waals surface area (Å²) in [6.07, 6.45) is 1.52. The Balaban J connectivity index is 1.99. The van der Waals surface area contributed by atoms with Crippen molar-refractivity contribution in [2.45, 2.75) is 0 Å². The van der Waals surface area contributed by atoms with Gasteiger partial charge in [0.05, 0.1) is 6.21 Å². The quantitative estimate of drug-likeness (QED) is 0.574. The first-order chi connectivity index (χ1) is 10.6. The fourth-order valence-corrected chi connectivity index (χ4v) is 2.20. The van der Waals surface area contributed by atoms with Crippen LogP contribution in [0.25, 0.3) is 11.4 Å². The average molecular weight is 333 g/mol. The maximum absolute atomic E-state index is 13.2. The summed E-state index contributed by atoms with van der Waals surface area (Å²) in [5, 5.41) is 11.8. The molecule has 1 aromatic heterocycles. The Morgan fingerprint density at radius 2 is 2.00 bits per heavy atom. The van der Waals surface area contributed by atoms with Crippen LogP contribution in [0.2, 0.25) is 5.02 Å². The molecule has 0 spiro atoms. The van der Waals surface area contributed by atoms with Gasteiger partial charge in [-0.15, -0.1) is 0 Å². The largest absolute Gasteiger partial charge is 0.250 e. The van der Waals surface area contributed by atoms with Crippen molar-refractivity contribution in [3.63, 3.8) is 0 Å². The maximum Gasteiger partial charge on any atom is 0.216 e. The number of hydrogen-bond acceptors (Lipinski definition) is 3. The summed E-state index contributed by atoms with van der Waals surface area (Å²) in [7, 11) is 0. The zero-order chi connectivity index (χ0) is 15.5. The first kappa shape index (κ1) is 14.6. The number of nitrogens with one attached hydrogen (secondary N) is 1. The monoisotopic (exact) mass is 332 g/mol. The summed E-state index contributed by atoms with van der Waals surface area (Å²) in [4.78, 5) is 0. The number of benzene rings is 2. The van der Waals surface area contributed by atoms with Gasteiger partial charge < -0.3 is 0 Å². The number of aromatic nitrogens is 3. The zero-order valence-corrected chi connectivity index (χ0v) is 12.8. The first-order valence-electron chi connectivity index (χ1n) is 6.37. The summed E-state index contributed by atoms with van der Waals surface area (Å²) in [6.45, 7) is 0. The van der Waals surface area contributed by atoms with E-state index >= 15 is 0 Å². The van der Waals surface area contributed by atoms with Gasteiger partial charge >= 0.3 is 0 Å². The van der Waals surface area contributed by atoms with Gasteiger partial charge in [0, 0.05) is 10.6 Å². The van der Waals surface area contributed by atoms with Crippen molar-refractivity contribution in [3.05, 3.63) is 69.7 Å². The van der Waals surface area contributed by atoms with Gasteiger partial charge in [-0.25, -0.2) is 9.49 Å². The van der Waals surface area contributed by atoms with Crippen LogP contribution in [0.15, 0.2) is 53.6 Å². The molecule has 0 unspecified atom stereocenters.